The van der Waals surface area contributed by atoms with Crippen molar-refractivity contribution >= 4 is 79.7 Å². The van der Waals surface area contributed by atoms with Gasteiger partial charge in [0.05, 0.1) is 26.0 Å². The number of carbonyl (C=O) groups is 3. The van der Waals surface area contributed by atoms with E-state index < -0.39 is 17.1 Å². The first-order valence-electron chi connectivity index (χ1n) is 12.2. The molecule has 4 rings (SSSR count). The summed E-state index contributed by atoms with van der Waals surface area (Å²) >= 11 is 16.4. The van der Waals surface area contributed by atoms with E-state index in [9.17, 15) is 14.4 Å². The minimum absolute atomic E-state index is 0.197. The molecule has 0 aliphatic carbocycles. The Balaban J connectivity index is 1.49. The summed E-state index contributed by atoms with van der Waals surface area (Å²) in [5.74, 6) is -0.0725. The van der Waals surface area contributed by atoms with E-state index in [2.05, 4.69) is 21.2 Å². The number of imide groups is 1. The highest BCUT2D eigenvalue weighted by molar-refractivity contribution is 9.10. The van der Waals surface area contributed by atoms with Gasteiger partial charge in [-0.05, 0) is 102 Å². The highest BCUT2D eigenvalue weighted by atomic mass is 79.9. The summed E-state index contributed by atoms with van der Waals surface area (Å²) in [6, 6.07) is 14.3. The minimum atomic E-state index is -0.542. The zero-order valence-corrected chi connectivity index (χ0v) is 25.8. The number of nitrogens with zero attached hydrogens (tertiary/aromatic N) is 1. The first-order valence-corrected chi connectivity index (χ1v) is 14.6. The van der Waals surface area contributed by atoms with Gasteiger partial charge in [-0.2, -0.15) is 0 Å². The SMILES string of the molecule is CCOc1cc(/C=C2/SC(=O)N(CC(=O)Nc3ccc(C)cc3C)C2=O)cc(Br)c1OCc1ccc(Cl)c(Cl)c1. The van der Waals surface area contributed by atoms with Crippen molar-refractivity contribution in [3.8, 4) is 11.5 Å². The van der Waals surface area contributed by atoms with Gasteiger partial charge in [0, 0.05) is 5.69 Å². The first kappa shape index (κ1) is 30.0. The highest BCUT2D eigenvalue weighted by Crippen LogP contribution is 2.40. The van der Waals surface area contributed by atoms with E-state index in [1.165, 1.54) is 0 Å². The lowest BCUT2D eigenvalue weighted by atomic mass is 10.1. The molecule has 0 unspecified atom stereocenters. The second kappa shape index (κ2) is 13.1. The lowest BCUT2D eigenvalue weighted by Crippen LogP contribution is -2.36. The van der Waals surface area contributed by atoms with Gasteiger partial charge in [-0.25, -0.2) is 0 Å². The van der Waals surface area contributed by atoms with Crippen molar-refractivity contribution in [2.75, 3.05) is 18.5 Å². The summed E-state index contributed by atoms with van der Waals surface area (Å²) < 4.78 is 12.4. The van der Waals surface area contributed by atoms with Crippen LogP contribution < -0.4 is 14.8 Å². The molecule has 1 heterocycles. The smallest absolute Gasteiger partial charge is 0.294 e. The van der Waals surface area contributed by atoms with Gasteiger partial charge >= 0.3 is 0 Å². The number of amides is 3. The van der Waals surface area contributed by atoms with E-state index in [-0.39, 0.29) is 18.1 Å². The van der Waals surface area contributed by atoms with Gasteiger partial charge in [0.25, 0.3) is 11.1 Å². The maximum absolute atomic E-state index is 13.0. The molecule has 1 N–H and O–H groups in total. The maximum atomic E-state index is 13.0. The number of benzene rings is 3. The number of ether oxygens (including phenoxy) is 2. The standard InChI is InChI=1S/C29H25BrCl2N2O5S/c1-4-38-24-12-19(10-20(30)27(24)39-15-18-6-7-21(31)22(32)11-18)13-25-28(36)34(29(37)40-25)14-26(35)33-23-8-5-16(2)9-17(23)3/h5-13H,4,14-15H2,1-3H3,(H,33,35)/b25-13+. The Morgan fingerprint density at radius 3 is 2.52 bits per heavy atom. The lowest BCUT2D eigenvalue weighted by Gasteiger charge is -2.15. The molecular weight excluding hydrogens is 639 g/mol. The zero-order valence-electron chi connectivity index (χ0n) is 21.8. The van der Waals surface area contributed by atoms with Crippen LogP contribution in [0.5, 0.6) is 11.5 Å². The Hall–Kier alpha value is -2.98. The second-order valence-electron chi connectivity index (χ2n) is 8.93. The van der Waals surface area contributed by atoms with Crippen LogP contribution >= 0.6 is 50.9 Å². The first-order chi connectivity index (χ1) is 19.0. The van der Waals surface area contributed by atoms with Crippen molar-refractivity contribution in [2.45, 2.75) is 27.4 Å². The third kappa shape index (κ3) is 7.20. The molecule has 3 aromatic carbocycles. The Bertz CT molecular complexity index is 1530. The van der Waals surface area contributed by atoms with Gasteiger partial charge in [-0.3, -0.25) is 19.3 Å². The van der Waals surface area contributed by atoms with Crippen LogP contribution in [0.3, 0.4) is 0 Å². The third-order valence-corrected chi connectivity index (χ3v) is 8.06. The predicted octanol–water partition coefficient (Wildman–Crippen LogP) is 8.03. The molecule has 0 spiro atoms. The molecule has 40 heavy (non-hydrogen) atoms. The topological polar surface area (TPSA) is 84.9 Å². The Morgan fingerprint density at radius 2 is 1.82 bits per heavy atom. The van der Waals surface area contributed by atoms with Gasteiger partial charge < -0.3 is 14.8 Å². The average molecular weight is 664 g/mol. The van der Waals surface area contributed by atoms with Crippen LogP contribution in [0.4, 0.5) is 10.5 Å². The molecule has 0 radical (unpaired) electrons. The number of hydrogen-bond acceptors (Lipinski definition) is 6. The molecule has 1 saturated heterocycles. The fraction of sp³-hybridized carbons (Fsp3) is 0.207. The van der Waals surface area contributed by atoms with Crippen LogP contribution in [-0.4, -0.2) is 35.1 Å². The molecule has 208 valence electrons. The molecule has 0 atom stereocenters. The number of halogens is 3. The minimum Gasteiger partial charge on any atom is -0.490 e. The van der Waals surface area contributed by atoms with Crippen molar-refractivity contribution in [1.82, 2.24) is 4.90 Å². The summed E-state index contributed by atoms with van der Waals surface area (Å²) in [6.07, 6.45) is 1.59. The fourth-order valence-corrected chi connectivity index (χ4v) is 5.67. The number of carbonyl (C=O) groups excluding carboxylic acids is 3. The number of aryl methyl sites for hydroxylation is 2. The molecule has 1 aliphatic heterocycles. The van der Waals surface area contributed by atoms with E-state index >= 15 is 0 Å². The summed E-state index contributed by atoms with van der Waals surface area (Å²) in [6.45, 7) is 5.90. The largest absolute Gasteiger partial charge is 0.490 e. The van der Waals surface area contributed by atoms with Crippen LogP contribution in [0, 0.1) is 13.8 Å². The van der Waals surface area contributed by atoms with Crippen molar-refractivity contribution in [3.63, 3.8) is 0 Å². The van der Waals surface area contributed by atoms with Gasteiger partial charge in [-0.15, -0.1) is 0 Å². The van der Waals surface area contributed by atoms with Crippen molar-refractivity contribution in [3.05, 3.63) is 90.2 Å². The quantitative estimate of drug-likeness (QED) is 0.233. The van der Waals surface area contributed by atoms with Crippen LogP contribution in [0.15, 0.2) is 57.9 Å². The number of anilines is 1. The van der Waals surface area contributed by atoms with E-state index in [1.54, 1.807) is 36.4 Å². The van der Waals surface area contributed by atoms with Crippen molar-refractivity contribution < 1.29 is 23.9 Å². The summed E-state index contributed by atoms with van der Waals surface area (Å²) in [4.78, 5) is 39.4. The van der Waals surface area contributed by atoms with E-state index in [1.807, 2.05) is 39.0 Å². The molecular formula is C29H25BrCl2N2O5S. The molecule has 0 bridgehead atoms. The number of rotatable bonds is 9. The Morgan fingerprint density at radius 1 is 1.05 bits per heavy atom. The van der Waals surface area contributed by atoms with Gasteiger partial charge in [0.15, 0.2) is 11.5 Å². The lowest BCUT2D eigenvalue weighted by molar-refractivity contribution is -0.127. The number of nitrogens with one attached hydrogen (secondary N) is 1. The molecule has 0 aromatic heterocycles. The molecule has 3 amide bonds. The molecule has 1 fully saturated rings. The maximum Gasteiger partial charge on any atom is 0.294 e. The van der Waals surface area contributed by atoms with E-state index in [0.29, 0.717) is 43.9 Å². The van der Waals surface area contributed by atoms with Crippen LogP contribution in [0.1, 0.15) is 29.2 Å². The molecule has 11 heteroatoms. The van der Waals surface area contributed by atoms with E-state index in [4.69, 9.17) is 32.7 Å². The number of hydrogen-bond donors (Lipinski definition) is 1. The molecule has 1 aliphatic rings. The van der Waals surface area contributed by atoms with Crippen molar-refractivity contribution in [1.29, 1.82) is 0 Å². The summed E-state index contributed by atoms with van der Waals surface area (Å²) in [5.41, 5.74) is 4.03. The second-order valence-corrected chi connectivity index (χ2v) is 11.6. The zero-order chi connectivity index (χ0) is 29.0. The van der Waals surface area contributed by atoms with Crippen LogP contribution in [-0.2, 0) is 16.2 Å². The Labute approximate surface area is 254 Å². The van der Waals surface area contributed by atoms with Crippen LogP contribution in [0.2, 0.25) is 10.0 Å². The molecule has 3 aromatic rings. The molecule has 0 saturated carbocycles. The van der Waals surface area contributed by atoms with Crippen LogP contribution in [0.25, 0.3) is 6.08 Å². The van der Waals surface area contributed by atoms with Crippen molar-refractivity contribution in [2.24, 2.45) is 0 Å². The monoisotopic (exact) mass is 662 g/mol. The predicted molar refractivity (Wildman–Crippen MR) is 163 cm³/mol. The molecule has 7 nitrogen and oxygen atoms in total. The van der Waals surface area contributed by atoms with Gasteiger partial charge in [0.1, 0.15) is 13.2 Å². The third-order valence-electron chi connectivity index (χ3n) is 5.83. The number of thioether (sulfide) groups is 1. The van der Waals surface area contributed by atoms with Gasteiger partial charge in [0.2, 0.25) is 5.91 Å². The highest BCUT2D eigenvalue weighted by Gasteiger charge is 2.36. The summed E-state index contributed by atoms with van der Waals surface area (Å²) in [7, 11) is 0. The average Bonchev–Trinajstić information content (AvgIpc) is 3.14. The normalized spacial score (nSPS) is 14.2. The van der Waals surface area contributed by atoms with Gasteiger partial charge in [-0.1, -0.05) is 47.0 Å². The fourth-order valence-electron chi connectivity index (χ4n) is 3.93. The summed E-state index contributed by atoms with van der Waals surface area (Å²) in [5, 5.41) is 3.14. The Kier molecular flexibility index (Phi) is 9.84. The van der Waals surface area contributed by atoms with E-state index in [0.717, 1.165) is 33.4 Å².